The lowest BCUT2D eigenvalue weighted by molar-refractivity contribution is -0.112. The van der Waals surface area contributed by atoms with Gasteiger partial charge in [-0.2, -0.15) is 5.26 Å². The van der Waals surface area contributed by atoms with E-state index in [2.05, 4.69) is 10.2 Å². The second-order valence-electron chi connectivity index (χ2n) is 6.28. The van der Waals surface area contributed by atoms with E-state index in [0.717, 1.165) is 24.2 Å². The minimum atomic E-state index is -0.392. The Hall–Kier alpha value is -3.06. The fourth-order valence-electron chi connectivity index (χ4n) is 2.99. The van der Waals surface area contributed by atoms with Crippen molar-refractivity contribution in [2.75, 3.05) is 23.3 Å². The van der Waals surface area contributed by atoms with Gasteiger partial charge in [0, 0.05) is 24.5 Å². The van der Waals surface area contributed by atoms with Crippen molar-refractivity contribution in [3.05, 3.63) is 65.2 Å². The normalized spacial score (nSPS) is 14.2. The van der Waals surface area contributed by atoms with Crippen molar-refractivity contribution >= 4 is 23.4 Å². The molecule has 0 atom stereocenters. The molecule has 1 fully saturated rings. The highest BCUT2D eigenvalue weighted by molar-refractivity contribution is 6.09. The first-order valence-corrected chi connectivity index (χ1v) is 8.50. The third-order valence-corrected chi connectivity index (χ3v) is 4.32. The summed E-state index contributed by atoms with van der Waals surface area (Å²) in [5, 5.41) is 12.1. The summed E-state index contributed by atoms with van der Waals surface area (Å²) in [5.74, 6) is -0.392. The number of carbonyl (C=O) groups excluding carboxylic acids is 1. The van der Waals surface area contributed by atoms with Gasteiger partial charge in [0.25, 0.3) is 5.91 Å². The number of nitrogens with one attached hydrogen (secondary N) is 1. The van der Waals surface area contributed by atoms with Gasteiger partial charge in [-0.25, -0.2) is 0 Å². The van der Waals surface area contributed by atoms with Crippen LogP contribution in [0.1, 0.15) is 24.0 Å². The van der Waals surface area contributed by atoms with Crippen molar-refractivity contribution in [3.63, 3.8) is 0 Å². The monoisotopic (exact) mass is 331 g/mol. The number of benzene rings is 2. The number of carbonyl (C=O) groups is 1. The zero-order valence-corrected chi connectivity index (χ0v) is 14.3. The van der Waals surface area contributed by atoms with E-state index in [1.165, 1.54) is 18.5 Å². The summed E-state index contributed by atoms with van der Waals surface area (Å²) in [5.41, 5.74) is 3.88. The summed E-state index contributed by atoms with van der Waals surface area (Å²) in [6.45, 7) is 4.15. The van der Waals surface area contributed by atoms with Crippen LogP contribution in [0.2, 0.25) is 0 Å². The molecule has 3 rings (SSSR count). The summed E-state index contributed by atoms with van der Waals surface area (Å²) in [6, 6.07) is 17.5. The number of nitrogens with zero attached hydrogens (tertiary/aromatic N) is 2. The van der Waals surface area contributed by atoms with E-state index < -0.39 is 5.91 Å². The predicted molar refractivity (Wildman–Crippen MR) is 101 cm³/mol. The molecule has 0 aromatic heterocycles. The highest BCUT2D eigenvalue weighted by Crippen LogP contribution is 2.21. The molecule has 0 saturated carbocycles. The standard InChI is InChI=1S/C21H21N3O/c1-16-5-4-6-19(13-16)23-21(25)18(15-22)14-17-7-9-20(10-8-17)24-11-2-3-12-24/h4-10,13-14H,2-3,11-12H2,1H3,(H,23,25)/b18-14-. The molecule has 0 radical (unpaired) electrons. The molecule has 0 bridgehead atoms. The fourth-order valence-corrected chi connectivity index (χ4v) is 2.99. The van der Waals surface area contributed by atoms with E-state index >= 15 is 0 Å². The van der Waals surface area contributed by atoms with Crippen LogP contribution in [0.4, 0.5) is 11.4 Å². The van der Waals surface area contributed by atoms with Crippen molar-refractivity contribution in [1.82, 2.24) is 0 Å². The third kappa shape index (κ3) is 4.27. The van der Waals surface area contributed by atoms with Gasteiger partial charge in [-0.05, 0) is 61.2 Å². The van der Waals surface area contributed by atoms with Gasteiger partial charge < -0.3 is 10.2 Å². The molecule has 2 aromatic carbocycles. The third-order valence-electron chi connectivity index (χ3n) is 4.32. The Labute approximate surface area is 148 Å². The van der Waals surface area contributed by atoms with E-state index in [1.807, 2.05) is 61.5 Å². The second-order valence-corrected chi connectivity index (χ2v) is 6.28. The molecule has 1 heterocycles. The summed E-state index contributed by atoms with van der Waals surface area (Å²) in [6.07, 6.45) is 4.09. The first-order chi connectivity index (χ1) is 12.2. The largest absolute Gasteiger partial charge is 0.372 e. The number of anilines is 2. The molecule has 2 aromatic rings. The lowest BCUT2D eigenvalue weighted by atomic mass is 10.1. The average Bonchev–Trinajstić information content (AvgIpc) is 3.14. The van der Waals surface area contributed by atoms with Crippen LogP contribution < -0.4 is 10.2 Å². The minimum absolute atomic E-state index is 0.0930. The number of aryl methyl sites for hydroxylation is 1. The maximum atomic E-state index is 12.3. The Balaban J connectivity index is 1.73. The molecular weight excluding hydrogens is 310 g/mol. The topological polar surface area (TPSA) is 56.1 Å². The van der Waals surface area contributed by atoms with Crippen LogP contribution in [0, 0.1) is 18.3 Å². The molecule has 4 nitrogen and oxygen atoms in total. The number of nitriles is 1. The van der Waals surface area contributed by atoms with Crippen LogP contribution in [0.3, 0.4) is 0 Å². The zero-order valence-electron chi connectivity index (χ0n) is 14.3. The van der Waals surface area contributed by atoms with Gasteiger partial charge in [-0.1, -0.05) is 24.3 Å². The van der Waals surface area contributed by atoms with Crippen molar-refractivity contribution in [1.29, 1.82) is 5.26 Å². The van der Waals surface area contributed by atoms with E-state index in [1.54, 1.807) is 6.08 Å². The van der Waals surface area contributed by atoms with Gasteiger partial charge in [0.1, 0.15) is 11.6 Å². The van der Waals surface area contributed by atoms with Crippen LogP contribution in [-0.4, -0.2) is 19.0 Å². The first kappa shape index (κ1) is 16.8. The van der Waals surface area contributed by atoms with E-state index in [-0.39, 0.29) is 5.57 Å². The van der Waals surface area contributed by atoms with Gasteiger partial charge >= 0.3 is 0 Å². The van der Waals surface area contributed by atoms with Gasteiger partial charge in [-0.15, -0.1) is 0 Å². The Morgan fingerprint density at radius 3 is 2.52 bits per heavy atom. The van der Waals surface area contributed by atoms with Crippen molar-refractivity contribution in [2.45, 2.75) is 19.8 Å². The van der Waals surface area contributed by atoms with Crippen LogP contribution in [0.25, 0.3) is 6.08 Å². The lowest BCUT2D eigenvalue weighted by Crippen LogP contribution is -2.17. The van der Waals surface area contributed by atoms with Gasteiger partial charge in [-0.3, -0.25) is 4.79 Å². The second kappa shape index (κ2) is 7.67. The highest BCUT2D eigenvalue weighted by Gasteiger charge is 2.12. The van der Waals surface area contributed by atoms with Crippen LogP contribution in [0.5, 0.6) is 0 Å². The Morgan fingerprint density at radius 2 is 1.88 bits per heavy atom. The predicted octanol–water partition coefficient (Wildman–Crippen LogP) is 4.14. The summed E-state index contributed by atoms with van der Waals surface area (Å²) in [4.78, 5) is 14.7. The fraction of sp³-hybridized carbons (Fsp3) is 0.238. The van der Waals surface area contributed by atoms with E-state index in [0.29, 0.717) is 5.69 Å². The molecule has 126 valence electrons. The maximum absolute atomic E-state index is 12.3. The van der Waals surface area contributed by atoms with Crippen LogP contribution >= 0.6 is 0 Å². The molecule has 4 heteroatoms. The summed E-state index contributed by atoms with van der Waals surface area (Å²) < 4.78 is 0. The smallest absolute Gasteiger partial charge is 0.266 e. The highest BCUT2D eigenvalue weighted by atomic mass is 16.1. The number of hydrogen-bond acceptors (Lipinski definition) is 3. The van der Waals surface area contributed by atoms with Gasteiger partial charge in [0.05, 0.1) is 0 Å². The van der Waals surface area contributed by atoms with Crippen LogP contribution in [-0.2, 0) is 4.79 Å². The zero-order chi connectivity index (χ0) is 17.6. The molecular formula is C21H21N3O. The van der Waals surface area contributed by atoms with Crippen molar-refractivity contribution < 1.29 is 4.79 Å². The van der Waals surface area contributed by atoms with Gasteiger partial charge in [0.2, 0.25) is 0 Å². The van der Waals surface area contributed by atoms with Crippen molar-refractivity contribution in [3.8, 4) is 6.07 Å². The summed E-state index contributed by atoms with van der Waals surface area (Å²) in [7, 11) is 0. The SMILES string of the molecule is Cc1cccc(NC(=O)/C(C#N)=C\c2ccc(N3CCCC3)cc2)c1. The maximum Gasteiger partial charge on any atom is 0.266 e. The lowest BCUT2D eigenvalue weighted by Gasteiger charge is -2.17. The molecule has 0 spiro atoms. The molecule has 1 amide bonds. The Morgan fingerprint density at radius 1 is 1.16 bits per heavy atom. The molecule has 1 N–H and O–H groups in total. The number of amides is 1. The van der Waals surface area contributed by atoms with Crippen molar-refractivity contribution in [2.24, 2.45) is 0 Å². The van der Waals surface area contributed by atoms with E-state index in [4.69, 9.17) is 0 Å². The first-order valence-electron chi connectivity index (χ1n) is 8.50. The van der Waals surface area contributed by atoms with E-state index in [9.17, 15) is 10.1 Å². The Bertz CT molecular complexity index is 825. The summed E-state index contributed by atoms with van der Waals surface area (Å²) >= 11 is 0. The molecule has 1 saturated heterocycles. The van der Waals surface area contributed by atoms with Crippen LogP contribution in [0.15, 0.2) is 54.1 Å². The molecule has 0 aliphatic carbocycles. The number of rotatable bonds is 4. The van der Waals surface area contributed by atoms with Gasteiger partial charge in [0.15, 0.2) is 0 Å². The molecule has 0 unspecified atom stereocenters. The Kier molecular flexibility index (Phi) is 5.15. The number of hydrogen-bond donors (Lipinski definition) is 1. The average molecular weight is 331 g/mol. The quantitative estimate of drug-likeness (QED) is 0.676. The minimum Gasteiger partial charge on any atom is -0.372 e. The molecule has 25 heavy (non-hydrogen) atoms. The molecule has 1 aliphatic rings. The molecule has 1 aliphatic heterocycles.